The number of carbonyl (C=O) groups is 1. The number of anilines is 2. The minimum absolute atomic E-state index is 0.277. The number of hydrogen-bond donors (Lipinski definition) is 2. The molecule has 100 valence electrons. The average Bonchev–Trinajstić information content (AvgIpc) is 2.90. The lowest BCUT2D eigenvalue weighted by Crippen LogP contribution is -2.28. The van der Waals surface area contributed by atoms with Crippen molar-refractivity contribution in [3.8, 4) is 0 Å². The van der Waals surface area contributed by atoms with Gasteiger partial charge in [-0.3, -0.25) is 0 Å². The van der Waals surface area contributed by atoms with Crippen LogP contribution in [0.15, 0.2) is 41.3 Å². The summed E-state index contributed by atoms with van der Waals surface area (Å²) >= 11 is 0. The molecule has 0 aromatic carbocycles. The first kappa shape index (κ1) is 12.9. The van der Waals surface area contributed by atoms with Crippen LogP contribution in [0.4, 0.5) is 16.3 Å². The van der Waals surface area contributed by atoms with Crippen LogP contribution in [0.5, 0.6) is 0 Å². The summed E-state index contributed by atoms with van der Waals surface area (Å²) in [5, 5.41) is 5.43. The lowest BCUT2D eigenvalue weighted by atomic mass is 10.3. The number of urea groups is 1. The Morgan fingerprint density at radius 2 is 2.21 bits per heavy atom. The summed E-state index contributed by atoms with van der Waals surface area (Å²) in [6.45, 7) is 0.422. The van der Waals surface area contributed by atoms with Crippen molar-refractivity contribution in [3.63, 3.8) is 0 Å². The Hall–Kier alpha value is -2.50. The van der Waals surface area contributed by atoms with Gasteiger partial charge in [0.25, 0.3) is 0 Å². The molecule has 0 saturated carbocycles. The number of amides is 2. The third kappa shape index (κ3) is 3.74. The molecule has 0 aliphatic carbocycles. The van der Waals surface area contributed by atoms with Gasteiger partial charge in [0.15, 0.2) is 0 Å². The smallest absolute Gasteiger partial charge is 0.319 e. The van der Waals surface area contributed by atoms with Crippen LogP contribution in [0.2, 0.25) is 0 Å². The van der Waals surface area contributed by atoms with Gasteiger partial charge in [-0.1, -0.05) is 0 Å². The summed E-state index contributed by atoms with van der Waals surface area (Å²) in [6.07, 6.45) is 4.78. The van der Waals surface area contributed by atoms with Crippen LogP contribution in [-0.4, -0.2) is 25.1 Å². The van der Waals surface area contributed by atoms with Crippen molar-refractivity contribution in [1.82, 2.24) is 10.3 Å². The summed E-state index contributed by atoms with van der Waals surface area (Å²) in [5.41, 5.74) is 1.56. The second-order valence-corrected chi connectivity index (χ2v) is 4.24. The quantitative estimate of drug-likeness (QED) is 0.882. The Labute approximate surface area is 111 Å². The average molecular weight is 260 g/mol. The van der Waals surface area contributed by atoms with Gasteiger partial charge in [-0.05, 0) is 18.2 Å². The molecule has 0 atom stereocenters. The first-order valence-electron chi connectivity index (χ1n) is 5.84. The van der Waals surface area contributed by atoms with Gasteiger partial charge in [-0.25, -0.2) is 9.78 Å². The molecule has 0 fully saturated rings. The number of furan rings is 1. The Bertz CT molecular complexity index is 520. The summed E-state index contributed by atoms with van der Waals surface area (Å²) in [6, 6.07) is 5.17. The zero-order chi connectivity index (χ0) is 13.7. The fourth-order valence-corrected chi connectivity index (χ4v) is 1.48. The summed E-state index contributed by atoms with van der Waals surface area (Å²) in [5.74, 6) is 0.837. The molecule has 0 unspecified atom stereocenters. The van der Waals surface area contributed by atoms with Crippen LogP contribution in [0.3, 0.4) is 0 Å². The monoisotopic (exact) mass is 260 g/mol. The zero-order valence-corrected chi connectivity index (χ0v) is 10.9. The minimum atomic E-state index is -0.277. The number of rotatable bonds is 4. The largest absolute Gasteiger partial charge is 0.472 e. The lowest BCUT2D eigenvalue weighted by Gasteiger charge is -2.11. The highest BCUT2D eigenvalue weighted by Crippen LogP contribution is 2.11. The number of carbonyl (C=O) groups excluding carboxylic acids is 1. The molecular weight excluding hydrogens is 244 g/mol. The van der Waals surface area contributed by atoms with Crippen molar-refractivity contribution in [2.24, 2.45) is 0 Å². The first-order chi connectivity index (χ1) is 9.15. The van der Waals surface area contributed by atoms with Crippen LogP contribution in [0.1, 0.15) is 5.56 Å². The topological polar surface area (TPSA) is 70.4 Å². The van der Waals surface area contributed by atoms with Gasteiger partial charge >= 0.3 is 6.03 Å². The number of nitrogens with zero attached hydrogens (tertiary/aromatic N) is 2. The Morgan fingerprint density at radius 3 is 2.79 bits per heavy atom. The molecule has 2 rings (SSSR count). The third-order valence-electron chi connectivity index (χ3n) is 2.50. The van der Waals surface area contributed by atoms with E-state index in [-0.39, 0.29) is 6.03 Å². The highest BCUT2D eigenvalue weighted by Gasteiger charge is 2.03. The number of pyridine rings is 1. The van der Waals surface area contributed by atoms with Crippen LogP contribution in [-0.2, 0) is 6.54 Å². The van der Waals surface area contributed by atoms with Gasteiger partial charge in [0.1, 0.15) is 5.82 Å². The summed E-state index contributed by atoms with van der Waals surface area (Å²) in [7, 11) is 3.82. The van der Waals surface area contributed by atoms with E-state index in [4.69, 9.17) is 4.42 Å². The standard InChI is InChI=1S/C13H16N4O2/c1-17(2)12-4-3-11(8-14-12)16-13(18)15-7-10-5-6-19-9-10/h3-6,8-9H,7H2,1-2H3,(H2,15,16,18). The van der Waals surface area contributed by atoms with E-state index in [2.05, 4.69) is 15.6 Å². The van der Waals surface area contributed by atoms with Gasteiger partial charge in [0, 0.05) is 26.2 Å². The van der Waals surface area contributed by atoms with Crippen molar-refractivity contribution in [1.29, 1.82) is 0 Å². The van der Waals surface area contributed by atoms with Gasteiger partial charge < -0.3 is 20.0 Å². The van der Waals surface area contributed by atoms with Gasteiger partial charge in [0.05, 0.1) is 24.4 Å². The van der Waals surface area contributed by atoms with E-state index in [0.717, 1.165) is 11.4 Å². The maximum absolute atomic E-state index is 11.6. The van der Waals surface area contributed by atoms with Gasteiger partial charge in [-0.15, -0.1) is 0 Å². The Morgan fingerprint density at radius 1 is 1.37 bits per heavy atom. The molecule has 6 nitrogen and oxygen atoms in total. The van der Waals surface area contributed by atoms with Crippen molar-refractivity contribution < 1.29 is 9.21 Å². The molecule has 0 bridgehead atoms. The van der Waals surface area contributed by atoms with Crippen LogP contribution < -0.4 is 15.5 Å². The number of aromatic nitrogens is 1. The van der Waals surface area contributed by atoms with E-state index in [0.29, 0.717) is 12.2 Å². The molecule has 2 aromatic rings. The summed E-state index contributed by atoms with van der Waals surface area (Å²) in [4.78, 5) is 17.7. The van der Waals surface area contributed by atoms with E-state index in [1.165, 1.54) is 0 Å². The minimum Gasteiger partial charge on any atom is -0.472 e. The highest BCUT2D eigenvalue weighted by molar-refractivity contribution is 5.89. The van der Waals surface area contributed by atoms with E-state index >= 15 is 0 Å². The maximum atomic E-state index is 11.6. The molecule has 2 heterocycles. The third-order valence-corrected chi connectivity index (χ3v) is 2.50. The lowest BCUT2D eigenvalue weighted by molar-refractivity contribution is 0.251. The second kappa shape index (κ2) is 5.90. The zero-order valence-electron chi connectivity index (χ0n) is 10.9. The molecule has 0 saturated heterocycles. The van der Waals surface area contributed by atoms with Crippen LogP contribution in [0.25, 0.3) is 0 Å². The van der Waals surface area contributed by atoms with Crippen LogP contribution in [0, 0.1) is 0 Å². The molecule has 0 spiro atoms. The van der Waals surface area contributed by atoms with Crippen molar-refractivity contribution >= 4 is 17.5 Å². The number of nitrogens with one attached hydrogen (secondary N) is 2. The Balaban J connectivity index is 1.84. The predicted octanol–water partition coefficient (Wildman–Crippen LogP) is 2.06. The highest BCUT2D eigenvalue weighted by atomic mass is 16.3. The van der Waals surface area contributed by atoms with Gasteiger partial charge in [-0.2, -0.15) is 0 Å². The number of hydrogen-bond acceptors (Lipinski definition) is 4. The van der Waals surface area contributed by atoms with E-state index < -0.39 is 0 Å². The Kier molecular flexibility index (Phi) is 4.02. The van der Waals surface area contributed by atoms with Crippen LogP contribution >= 0.6 is 0 Å². The molecule has 0 aliphatic heterocycles. The molecular formula is C13H16N4O2. The molecule has 2 N–H and O–H groups in total. The predicted molar refractivity (Wildman–Crippen MR) is 73.1 cm³/mol. The normalized spacial score (nSPS) is 10.0. The van der Waals surface area contributed by atoms with E-state index in [1.54, 1.807) is 30.9 Å². The van der Waals surface area contributed by atoms with E-state index in [9.17, 15) is 4.79 Å². The molecule has 0 aliphatic rings. The molecule has 2 aromatic heterocycles. The van der Waals surface area contributed by atoms with Crippen molar-refractivity contribution in [2.45, 2.75) is 6.54 Å². The fourth-order valence-electron chi connectivity index (χ4n) is 1.48. The fraction of sp³-hybridized carbons (Fsp3) is 0.231. The molecule has 2 amide bonds. The van der Waals surface area contributed by atoms with Crippen molar-refractivity contribution in [2.75, 3.05) is 24.3 Å². The maximum Gasteiger partial charge on any atom is 0.319 e. The molecule has 0 radical (unpaired) electrons. The second-order valence-electron chi connectivity index (χ2n) is 4.24. The SMILES string of the molecule is CN(C)c1ccc(NC(=O)NCc2ccoc2)cn1. The van der Waals surface area contributed by atoms with Gasteiger partial charge in [0.2, 0.25) is 0 Å². The van der Waals surface area contributed by atoms with E-state index in [1.807, 2.05) is 25.1 Å². The van der Waals surface area contributed by atoms with Crippen molar-refractivity contribution in [3.05, 3.63) is 42.5 Å². The summed E-state index contributed by atoms with van der Waals surface area (Å²) < 4.78 is 4.91. The molecule has 19 heavy (non-hydrogen) atoms. The molecule has 6 heteroatoms. The first-order valence-corrected chi connectivity index (χ1v) is 5.84.